The van der Waals surface area contributed by atoms with Crippen LogP contribution >= 0.6 is 11.8 Å². The zero-order chi connectivity index (χ0) is 13.9. The molecule has 3 aromatic rings. The molecule has 104 valence electrons. The summed E-state index contributed by atoms with van der Waals surface area (Å²) in [7, 11) is 0. The summed E-state index contributed by atoms with van der Waals surface area (Å²) in [5.74, 6) is 3.00. The molecule has 0 amide bonds. The quantitative estimate of drug-likeness (QED) is 0.664. The maximum Gasteiger partial charge on any atom is 0.253 e. The molecule has 0 unspecified atom stereocenters. The van der Waals surface area contributed by atoms with E-state index in [1.807, 2.05) is 12.3 Å². The maximum absolute atomic E-state index is 5.20. The summed E-state index contributed by atoms with van der Waals surface area (Å²) >= 11 is 1.45. The Morgan fingerprint density at radius 2 is 2.25 bits per heavy atom. The Hall–Kier alpha value is -1.96. The smallest absolute Gasteiger partial charge is 0.253 e. The number of nitrogens with zero attached hydrogens (tertiary/aromatic N) is 6. The molecule has 3 aromatic heterocycles. The Morgan fingerprint density at radius 3 is 3.05 bits per heavy atom. The van der Waals surface area contributed by atoms with Crippen LogP contribution in [0.1, 0.15) is 25.6 Å². The molecular formula is C12H14N6OS. The molecule has 0 N–H and O–H groups in total. The first-order valence-electron chi connectivity index (χ1n) is 6.32. The first kappa shape index (κ1) is 13.0. The summed E-state index contributed by atoms with van der Waals surface area (Å²) in [6.45, 7) is 4.25. The highest BCUT2D eigenvalue weighted by Gasteiger charge is 2.10. The molecule has 3 rings (SSSR count). The third kappa shape index (κ3) is 2.96. The molecule has 0 spiro atoms. The van der Waals surface area contributed by atoms with Crippen LogP contribution in [0.15, 0.2) is 28.1 Å². The molecule has 0 aliphatic carbocycles. The molecule has 0 saturated heterocycles. The number of aromatic nitrogens is 6. The standard InChI is InChI=1S/C12H14N6OS/c1-8(2)6-9-14-10(19-17-9)7-20-12-15-11-13-4-3-5-18(11)16-12/h3-5,8H,6-7H2,1-2H3. The van der Waals surface area contributed by atoms with Crippen molar-refractivity contribution in [2.24, 2.45) is 5.92 Å². The van der Waals surface area contributed by atoms with Gasteiger partial charge in [0.05, 0.1) is 5.75 Å². The van der Waals surface area contributed by atoms with Gasteiger partial charge in [0.25, 0.3) is 5.78 Å². The van der Waals surface area contributed by atoms with Gasteiger partial charge in [0.2, 0.25) is 11.0 Å². The minimum Gasteiger partial charge on any atom is -0.338 e. The minimum atomic E-state index is 0.513. The van der Waals surface area contributed by atoms with Crippen molar-refractivity contribution in [2.45, 2.75) is 31.2 Å². The van der Waals surface area contributed by atoms with Gasteiger partial charge < -0.3 is 4.52 Å². The van der Waals surface area contributed by atoms with E-state index in [0.29, 0.717) is 28.5 Å². The summed E-state index contributed by atoms with van der Waals surface area (Å²) in [6, 6.07) is 1.81. The summed E-state index contributed by atoms with van der Waals surface area (Å²) in [4.78, 5) is 12.8. The van der Waals surface area contributed by atoms with Gasteiger partial charge in [-0.3, -0.25) is 0 Å². The molecule has 3 heterocycles. The van der Waals surface area contributed by atoms with E-state index in [-0.39, 0.29) is 0 Å². The van der Waals surface area contributed by atoms with E-state index in [4.69, 9.17) is 4.52 Å². The van der Waals surface area contributed by atoms with Crippen LogP contribution in [0.5, 0.6) is 0 Å². The Bertz CT molecular complexity index is 674. The summed E-state index contributed by atoms with van der Waals surface area (Å²) in [6.07, 6.45) is 4.33. The van der Waals surface area contributed by atoms with Crippen molar-refractivity contribution in [1.29, 1.82) is 0 Å². The molecule has 0 aromatic carbocycles. The normalized spacial score (nSPS) is 11.6. The second kappa shape index (κ2) is 5.58. The molecule has 0 radical (unpaired) electrons. The average molecular weight is 290 g/mol. The van der Waals surface area contributed by atoms with Crippen LogP contribution in [0.25, 0.3) is 5.78 Å². The second-order valence-electron chi connectivity index (χ2n) is 4.75. The molecule has 0 aliphatic rings. The van der Waals surface area contributed by atoms with Crippen molar-refractivity contribution < 1.29 is 4.52 Å². The molecule has 0 bridgehead atoms. The van der Waals surface area contributed by atoms with Crippen molar-refractivity contribution in [3.63, 3.8) is 0 Å². The van der Waals surface area contributed by atoms with Gasteiger partial charge in [0.15, 0.2) is 5.82 Å². The van der Waals surface area contributed by atoms with Gasteiger partial charge in [-0.05, 0) is 12.0 Å². The van der Waals surface area contributed by atoms with E-state index in [1.165, 1.54) is 11.8 Å². The van der Waals surface area contributed by atoms with Crippen LogP contribution in [-0.4, -0.2) is 29.7 Å². The molecule has 0 fully saturated rings. The van der Waals surface area contributed by atoms with E-state index in [9.17, 15) is 0 Å². The van der Waals surface area contributed by atoms with Gasteiger partial charge in [-0.25, -0.2) is 9.50 Å². The largest absolute Gasteiger partial charge is 0.338 e. The van der Waals surface area contributed by atoms with Crippen LogP contribution in [0.4, 0.5) is 0 Å². The lowest BCUT2D eigenvalue weighted by molar-refractivity contribution is 0.382. The lowest BCUT2D eigenvalue weighted by Crippen LogP contribution is -1.96. The molecular weight excluding hydrogens is 276 g/mol. The van der Waals surface area contributed by atoms with Crippen molar-refractivity contribution in [3.05, 3.63) is 30.2 Å². The van der Waals surface area contributed by atoms with Gasteiger partial charge in [-0.2, -0.15) is 9.97 Å². The van der Waals surface area contributed by atoms with E-state index in [0.717, 1.165) is 12.2 Å². The van der Waals surface area contributed by atoms with Gasteiger partial charge in [0.1, 0.15) is 0 Å². The number of hydrogen-bond acceptors (Lipinski definition) is 7. The minimum absolute atomic E-state index is 0.513. The molecule has 0 atom stereocenters. The zero-order valence-corrected chi connectivity index (χ0v) is 12.0. The first-order chi connectivity index (χ1) is 9.70. The van der Waals surface area contributed by atoms with Crippen molar-refractivity contribution in [1.82, 2.24) is 29.7 Å². The number of rotatable bonds is 5. The Morgan fingerprint density at radius 1 is 1.35 bits per heavy atom. The molecule has 0 aliphatic heterocycles. The van der Waals surface area contributed by atoms with Crippen LogP contribution < -0.4 is 0 Å². The maximum atomic E-state index is 5.20. The molecule has 0 saturated carbocycles. The summed E-state index contributed by atoms with van der Waals surface area (Å²) < 4.78 is 6.84. The number of fused-ring (bicyclic) bond motifs is 1. The fourth-order valence-corrected chi connectivity index (χ4v) is 2.36. The fourth-order valence-electron chi connectivity index (χ4n) is 1.70. The topological polar surface area (TPSA) is 82.0 Å². The monoisotopic (exact) mass is 290 g/mol. The van der Waals surface area contributed by atoms with E-state index >= 15 is 0 Å². The van der Waals surface area contributed by atoms with E-state index in [2.05, 4.69) is 39.1 Å². The first-order valence-corrected chi connectivity index (χ1v) is 7.31. The third-order valence-electron chi connectivity index (χ3n) is 2.52. The molecule has 8 heteroatoms. The summed E-state index contributed by atoms with van der Waals surface area (Å²) in [5, 5.41) is 8.90. The number of thioether (sulfide) groups is 1. The highest BCUT2D eigenvalue weighted by Crippen LogP contribution is 2.19. The van der Waals surface area contributed by atoms with Crippen molar-refractivity contribution in [3.8, 4) is 0 Å². The number of hydrogen-bond donors (Lipinski definition) is 0. The summed E-state index contributed by atoms with van der Waals surface area (Å²) in [5.41, 5.74) is 0. The van der Waals surface area contributed by atoms with Gasteiger partial charge in [-0.1, -0.05) is 30.8 Å². The van der Waals surface area contributed by atoms with Crippen molar-refractivity contribution in [2.75, 3.05) is 0 Å². The van der Waals surface area contributed by atoms with Gasteiger partial charge in [-0.15, -0.1) is 5.10 Å². The van der Waals surface area contributed by atoms with E-state index < -0.39 is 0 Å². The van der Waals surface area contributed by atoms with E-state index in [1.54, 1.807) is 10.7 Å². The SMILES string of the molecule is CC(C)Cc1noc(CSc2nc3ncccn3n2)n1. The Labute approximate surface area is 119 Å². The zero-order valence-electron chi connectivity index (χ0n) is 11.2. The second-order valence-corrected chi connectivity index (χ2v) is 5.69. The fraction of sp³-hybridized carbons (Fsp3) is 0.417. The van der Waals surface area contributed by atoms with Crippen molar-refractivity contribution >= 4 is 17.5 Å². The Balaban J connectivity index is 1.65. The van der Waals surface area contributed by atoms with Crippen LogP contribution in [0.3, 0.4) is 0 Å². The van der Waals surface area contributed by atoms with Crippen LogP contribution in [0, 0.1) is 5.92 Å². The Kier molecular flexibility index (Phi) is 3.64. The lowest BCUT2D eigenvalue weighted by atomic mass is 10.1. The third-order valence-corrected chi connectivity index (χ3v) is 3.35. The lowest BCUT2D eigenvalue weighted by Gasteiger charge is -1.95. The predicted molar refractivity (Wildman–Crippen MR) is 73.2 cm³/mol. The highest BCUT2D eigenvalue weighted by molar-refractivity contribution is 7.98. The van der Waals surface area contributed by atoms with Gasteiger partial charge >= 0.3 is 0 Å². The van der Waals surface area contributed by atoms with Crippen LogP contribution in [0.2, 0.25) is 0 Å². The molecule has 7 nitrogen and oxygen atoms in total. The van der Waals surface area contributed by atoms with Gasteiger partial charge in [0, 0.05) is 18.8 Å². The highest BCUT2D eigenvalue weighted by atomic mass is 32.2. The molecule has 20 heavy (non-hydrogen) atoms. The van der Waals surface area contributed by atoms with Crippen LogP contribution in [-0.2, 0) is 12.2 Å². The average Bonchev–Trinajstić information content (AvgIpc) is 3.01. The predicted octanol–water partition coefficient (Wildman–Crippen LogP) is 2.00.